The Labute approximate surface area is 185 Å². The summed E-state index contributed by atoms with van der Waals surface area (Å²) in [6, 6.07) is 10.6. The van der Waals surface area contributed by atoms with Gasteiger partial charge >= 0.3 is 0 Å². The van der Waals surface area contributed by atoms with E-state index in [9.17, 15) is 13.2 Å². The van der Waals surface area contributed by atoms with Crippen molar-refractivity contribution in [3.05, 3.63) is 53.1 Å². The largest absolute Gasteiger partial charge is 0.483 e. The van der Waals surface area contributed by atoms with Crippen LogP contribution in [0.15, 0.2) is 41.3 Å². The molecule has 0 atom stereocenters. The minimum absolute atomic E-state index is 0.00792. The van der Waals surface area contributed by atoms with Crippen LogP contribution in [0, 0.1) is 20.8 Å². The Bertz CT molecular complexity index is 1040. The Morgan fingerprint density at radius 1 is 1.00 bits per heavy atom. The van der Waals surface area contributed by atoms with Crippen molar-refractivity contribution < 1.29 is 17.9 Å². The van der Waals surface area contributed by atoms with Crippen molar-refractivity contribution in [2.24, 2.45) is 0 Å². The van der Waals surface area contributed by atoms with Crippen molar-refractivity contribution in [2.45, 2.75) is 63.8 Å². The molecule has 168 valence electrons. The lowest BCUT2D eigenvalue weighted by Gasteiger charge is -2.23. The van der Waals surface area contributed by atoms with Crippen LogP contribution < -0.4 is 14.4 Å². The fourth-order valence-electron chi connectivity index (χ4n) is 3.77. The zero-order valence-electron chi connectivity index (χ0n) is 18.8. The van der Waals surface area contributed by atoms with E-state index >= 15 is 0 Å². The lowest BCUT2D eigenvalue weighted by atomic mass is 9.96. The highest BCUT2D eigenvalue weighted by molar-refractivity contribution is 7.89. The predicted molar refractivity (Wildman–Crippen MR) is 123 cm³/mol. The molecule has 2 aromatic carbocycles. The van der Waals surface area contributed by atoms with Gasteiger partial charge < -0.3 is 9.64 Å². The summed E-state index contributed by atoms with van der Waals surface area (Å²) in [7, 11) is -1.85. The van der Waals surface area contributed by atoms with Crippen molar-refractivity contribution in [3.8, 4) is 5.75 Å². The number of ether oxygens (including phenoxy) is 1. The Kier molecular flexibility index (Phi) is 7.38. The second kappa shape index (κ2) is 9.83. The summed E-state index contributed by atoms with van der Waals surface area (Å²) in [5.41, 5.74) is 3.77. The molecule has 1 fully saturated rings. The van der Waals surface area contributed by atoms with Gasteiger partial charge in [0.2, 0.25) is 10.0 Å². The van der Waals surface area contributed by atoms with Crippen molar-refractivity contribution in [2.75, 3.05) is 18.6 Å². The molecule has 0 radical (unpaired) electrons. The molecular formula is C24H32N2O4S. The Hall–Kier alpha value is -2.38. The number of hydrogen-bond donors (Lipinski definition) is 1. The molecule has 0 unspecified atom stereocenters. The maximum atomic E-state index is 12.7. The number of nitrogens with zero attached hydrogens (tertiary/aromatic N) is 1. The van der Waals surface area contributed by atoms with Crippen LogP contribution in [0.3, 0.4) is 0 Å². The average Bonchev–Trinajstić information content (AvgIpc) is 2.74. The first-order chi connectivity index (χ1) is 14.7. The molecule has 1 N–H and O–H groups in total. The zero-order chi connectivity index (χ0) is 22.6. The number of likely N-dealkylation sites (N-methyl/N-ethyl adjacent to an activating group) is 1. The lowest BCUT2D eigenvalue weighted by Crippen LogP contribution is -2.36. The molecule has 31 heavy (non-hydrogen) atoms. The normalized spacial score (nSPS) is 15.0. The van der Waals surface area contributed by atoms with E-state index in [0.717, 1.165) is 36.9 Å². The average molecular weight is 445 g/mol. The van der Waals surface area contributed by atoms with E-state index < -0.39 is 10.0 Å². The van der Waals surface area contributed by atoms with Gasteiger partial charge in [0.1, 0.15) is 5.75 Å². The monoisotopic (exact) mass is 444 g/mol. The highest BCUT2D eigenvalue weighted by atomic mass is 32.2. The maximum absolute atomic E-state index is 12.7. The first-order valence-electron chi connectivity index (χ1n) is 10.8. The van der Waals surface area contributed by atoms with Gasteiger partial charge in [-0.15, -0.1) is 0 Å². The molecule has 2 aromatic rings. The Balaban J connectivity index is 1.63. The van der Waals surface area contributed by atoms with Gasteiger partial charge in [-0.1, -0.05) is 25.3 Å². The van der Waals surface area contributed by atoms with Crippen LogP contribution in [0.2, 0.25) is 0 Å². The van der Waals surface area contributed by atoms with Gasteiger partial charge in [0.05, 0.1) is 4.90 Å². The summed E-state index contributed by atoms with van der Waals surface area (Å²) >= 11 is 0. The van der Waals surface area contributed by atoms with Gasteiger partial charge in [0, 0.05) is 18.8 Å². The second-order valence-electron chi connectivity index (χ2n) is 8.39. The molecule has 0 saturated heterocycles. The number of nitrogens with one attached hydrogen (secondary N) is 1. The fourth-order valence-corrected chi connectivity index (χ4v) is 5.16. The standard InChI is InChI=1S/C24H32N2O4S/c1-17-10-11-21(14-18(17)2)26(4)24(27)16-30-23-13-12-22(15-19(23)3)31(28,29)25-20-8-6-5-7-9-20/h10-15,20,25H,5-9,16H2,1-4H3. The van der Waals surface area contributed by atoms with Gasteiger partial charge in [-0.05, 0) is 80.6 Å². The number of amides is 1. The minimum Gasteiger partial charge on any atom is -0.483 e. The number of hydrogen-bond acceptors (Lipinski definition) is 4. The van der Waals surface area contributed by atoms with Gasteiger partial charge in [0.15, 0.2) is 6.61 Å². The van der Waals surface area contributed by atoms with E-state index in [1.807, 2.05) is 32.0 Å². The summed E-state index contributed by atoms with van der Waals surface area (Å²) < 4.78 is 34.0. The van der Waals surface area contributed by atoms with E-state index in [2.05, 4.69) is 4.72 Å². The van der Waals surface area contributed by atoms with E-state index in [4.69, 9.17) is 4.74 Å². The molecule has 7 heteroatoms. The number of carbonyl (C=O) groups is 1. The summed E-state index contributed by atoms with van der Waals surface area (Å²) in [6.45, 7) is 5.69. The maximum Gasteiger partial charge on any atom is 0.264 e. The third-order valence-corrected chi connectivity index (χ3v) is 7.50. The number of sulfonamides is 1. The van der Waals surface area contributed by atoms with Crippen molar-refractivity contribution in [1.82, 2.24) is 4.72 Å². The van der Waals surface area contributed by atoms with Gasteiger partial charge in [0.25, 0.3) is 5.91 Å². The quantitative estimate of drug-likeness (QED) is 0.692. The van der Waals surface area contributed by atoms with Crippen LogP contribution in [0.5, 0.6) is 5.75 Å². The molecule has 3 rings (SSSR count). The van der Waals surface area contributed by atoms with Gasteiger partial charge in [-0.2, -0.15) is 0 Å². The summed E-state index contributed by atoms with van der Waals surface area (Å²) in [4.78, 5) is 14.4. The molecule has 1 amide bonds. The number of anilines is 1. The smallest absolute Gasteiger partial charge is 0.264 e. The topological polar surface area (TPSA) is 75.7 Å². The molecule has 0 aliphatic heterocycles. The zero-order valence-corrected chi connectivity index (χ0v) is 19.6. The molecular weight excluding hydrogens is 412 g/mol. The van der Waals surface area contributed by atoms with Crippen LogP contribution in [0.1, 0.15) is 48.8 Å². The highest BCUT2D eigenvalue weighted by Crippen LogP contribution is 2.24. The molecule has 1 saturated carbocycles. The van der Waals surface area contributed by atoms with Gasteiger partial charge in [-0.3, -0.25) is 4.79 Å². The molecule has 6 nitrogen and oxygen atoms in total. The van der Waals surface area contributed by atoms with E-state index in [-0.39, 0.29) is 23.5 Å². The van der Waals surface area contributed by atoms with E-state index in [0.29, 0.717) is 11.3 Å². The molecule has 1 aliphatic rings. The van der Waals surface area contributed by atoms with Crippen molar-refractivity contribution in [1.29, 1.82) is 0 Å². The van der Waals surface area contributed by atoms with Crippen molar-refractivity contribution in [3.63, 3.8) is 0 Å². The number of carbonyl (C=O) groups excluding carboxylic acids is 1. The summed E-state index contributed by atoms with van der Waals surface area (Å²) in [5.74, 6) is 0.316. The van der Waals surface area contributed by atoms with E-state index in [1.165, 1.54) is 18.1 Å². The molecule has 0 heterocycles. The molecule has 0 aromatic heterocycles. The van der Waals surface area contributed by atoms with Crippen LogP contribution in [-0.2, 0) is 14.8 Å². The Morgan fingerprint density at radius 3 is 2.35 bits per heavy atom. The number of rotatable bonds is 7. The third-order valence-electron chi connectivity index (χ3n) is 5.99. The summed E-state index contributed by atoms with van der Waals surface area (Å²) in [6.07, 6.45) is 5.05. The third kappa shape index (κ3) is 5.86. The van der Waals surface area contributed by atoms with Crippen LogP contribution in [0.4, 0.5) is 5.69 Å². The SMILES string of the molecule is Cc1ccc(N(C)C(=O)COc2ccc(S(=O)(=O)NC3CCCCC3)cc2C)cc1C. The first-order valence-corrected chi connectivity index (χ1v) is 12.3. The van der Waals surface area contributed by atoms with E-state index in [1.54, 1.807) is 31.0 Å². The highest BCUT2D eigenvalue weighted by Gasteiger charge is 2.22. The number of benzene rings is 2. The number of aryl methyl sites for hydroxylation is 3. The summed E-state index contributed by atoms with van der Waals surface area (Å²) in [5, 5.41) is 0. The van der Waals surface area contributed by atoms with Crippen molar-refractivity contribution >= 4 is 21.6 Å². The molecule has 0 spiro atoms. The van der Waals surface area contributed by atoms with Gasteiger partial charge in [-0.25, -0.2) is 13.1 Å². The predicted octanol–water partition coefficient (Wildman–Crippen LogP) is 4.26. The van der Waals surface area contributed by atoms with Crippen LogP contribution in [-0.4, -0.2) is 34.0 Å². The molecule has 1 aliphatic carbocycles. The second-order valence-corrected chi connectivity index (χ2v) is 10.1. The fraction of sp³-hybridized carbons (Fsp3) is 0.458. The minimum atomic E-state index is -3.57. The Morgan fingerprint density at radius 2 is 1.71 bits per heavy atom. The lowest BCUT2D eigenvalue weighted by molar-refractivity contribution is -0.120. The van der Waals surface area contributed by atoms with Crippen LogP contribution >= 0.6 is 0 Å². The van der Waals surface area contributed by atoms with Crippen LogP contribution in [0.25, 0.3) is 0 Å². The first kappa shape index (κ1) is 23.3. The molecule has 0 bridgehead atoms.